The molecule has 0 radical (unpaired) electrons. The molecule has 178 valence electrons. The quantitative estimate of drug-likeness (QED) is 0.659. The van der Waals surface area contributed by atoms with Crippen LogP contribution in [0.15, 0.2) is 54.6 Å². The Labute approximate surface area is 202 Å². The lowest BCUT2D eigenvalue weighted by Gasteiger charge is -2.40. The number of benzene rings is 2. The molecular weight excluding hydrogens is 452 g/mol. The molecule has 0 unspecified atom stereocenters. The van der Waals surface area contributed by atoms with Crippen molar-refractivity contribution in [1.29, 1.82) is 0 Å². The van der Waals surface area contributed by atoms with Gasteiger partial charge in [-0.05, 0) is 42.4 Å². The zero-order valence-corrected chi connectivity index (χ0v) is 19.8. The van der Waals surface area contributed by atoms with Crippen LogP contribution in [0.3, 0.4) is 0 Å². The Morgan fingerprint density at radius 1 is 1.09 bits per heavy atom. The summed E-state index contributed by atoms with van der Waals surface area (Å²) in [6.07, 6.45) is 2.41. The number of hydrogen-bond donors (Lipinski definition) is 2. The molecule has 1 saturated heterocycles. The molecule has 2 aromatic carbocycles. The van der Waals surface area contributed by atoms with Gasteiger partial charge < -0.3 is 15.3 Å². The van der Waals surface area contributed by atoms with E-state index in [1.807, 2.05) is 54.6 Å². The summed E-state index contributed by atoms with van der Waals surface area (Å²) in [5, 5.41) is 11.8. The van der Waals surface area contributed by atoms with Crippen molar-refractivity contribution in [3.05, 3.63) is 71.3 Å². The van der Waals surface area contributed by atoms with Crippen LogP contribution in [-0.4, -0.2) is 50.2 Å². The number of carbonyl (C=O) groups is 4. The van der Waals surface area contributed by atoms with Crippen molar-refractivity contribution in [2.45, 2.75) is 62.4 Å². The number of carboxylic acids is 1. The van der Waals surface area contributed by atoms with Gasteiger partial charge in [-0.15, -0.1) is 0 Å². The van der Waals surface area contributed by atoms with E-state index in [4.69, 9.17) is 0 Å². The molecule has 2 aromatic rings. The van der Waals surface area contributed by atoms with Crippen molar-refractivity contribution in [3.63, 3.8) is 0 Å². The maximum absolute atomic E-state index is 13.7. The van der Waals surface area contributed by atoms with Gasteiger partial charge in [-0.2, -0.15) is 0 Å². The van der Waals surface area contributed by atoms with Crippen molar-refractivity contribution in [3.8, 4) is 0 Å². The number of hydrogen-bond acceptors (Lipinski definition) is 5. The fourth-order valence-electron chi connectivity index (χ4n) is 4.98. The van der Waals surface area contributed by atoms with Crippen LogP contribution in [-0.2, 0) is 32.0 Å². The first-order chi connectivity index (χ1) is 16.3. The normalized spacial score (nSPS) is 22.7. The fraction of sp³-hybridized carbons (Fsp3) is 0.385. The first-order valence-corrected chi connectivity index (χ1v) is 12.4. The van der Waals surface area contributed by atoms with E-state index in [1.54, 1.807) is 0 Å². The third-order valence-electron chi connectivity index (χ3n) is 6.48. The van der Waals surface area contributed by atoms with E-state index in [0.29, 0.717) is 25.7 Å². The monoisotopic (exact) mass is 480 g/mol. The van der Waals surface area contributed by atoms with Crippen LogP contribution in [0.2, 0.25) is 0 Å². The summed E-state index contributed by atoms with van der Waals surface area (Å²) < 4.78 is 0. The van der Waals surface area contributed by atoms with Gasteiger partial charge in [0.2, 0.25) is 11.8 Å². The van der Waals surface area contributed by atoms with Gasteiger partial charge in [0.1, 0.15) is 12.1 Å². The van der Waals surface area contributed by atoms with Gasteiger partial charge in [0.15, 0.2) is 5.12 Å². The van der Waals surface area contributed by atoms with Crippen molar-refractivity contribution in [1.82, 2.24) is 10.2 Å². The number of amides is 2. The first kappa shape index (κ1) is 24.0. The average molecular weight is 481 g/mol. The molecule has 1 fully saturated rings. The van der Waals surface area contributed by atoms with E-state index in [-0.39, 0.29) is 23.5 Å². The van der Waals surface area contributed by atoms with Crippen molar-refractivity contribution in [2.24, 2.45) is 0 Å². The second-order valence-electron chi connectivity index (χ2n) is 8.80. The van der Waals surface area contributed by atoms with Gasteiger partial charge in [-0.3, -0.25) is 14.4 Å². The Hall–Kier alpha value is -3.13. The molecule has 0 aromatic heterocycles. The van der Waals surface area contributed by atoms with Crippen LogP contribution in [0.1, 0.15) is 48.9 Å². The molecule has 2 N–H and O–H groups in total. The summed E-state index contributed by atoms with van der Waals surface area (Å²) in [7, 11) is 0. The fourth-order valence-corrected chi connectivity index (χ4v) is 5.83. The highest BCUT2D eigenvalue weighted by molar-refractivity contribution is 8.14. The SMILES string of the molecule is CC(=O)S[C@H](Cc1ccccc1)C(=O)N[C@H]1Cc2ccccc2[C@H]2CCC[C@@H](C(=O)O)N2C1=O. The standard InChI is InChI=1S/C26H28N2O5S/c1-16(29)34-23(14-17-8-3-2-4-9-17)24(30)27-20-15-18-10-5-6-11-19(18)21-12-7-13-22(26(32)33)28(21)25(20)31/h2-6,8-11,20-23H,7,12-15H2,1H3,(H,27,30)(H,32,33)/t20-,21+,22-,23+/m0/s1. The third kappa shape index (κ3) is 5.17. The highest BCUT2D eigenvalue weighted by atomic mass is 32.2. The van der Waals surface area contributed by atoms with Crippen molar-refractivity contribution >= 4 is 34.7 Å². The lowest BCUT2D eigenvalue weighted by molar-refractivity contribution is -0.156. The van der Waals surface area contributed by atoms with Gasteiger partial charge in [0.05, 0.1) is 11.3 Å². The number of carbonyl (C=O) groups excluding carboxylic acids is 3. The summed E-state index contributed by atoms with van der Waals surface area (Å²) in [6, 6.07) is 14.9. The Balaban J connectivity index is 1.63. The van der Waals surface area contributed by atoms with E-state index < -0.39 is 29.2 Å². The van der Waals surface area contributed by atoms with E-state index in [0.717, 1.165) is 28.5 Å². The number of aliphatic carboxylic acids is 1. The van der Waals surface area contributed by atoms with Gasteiger partial charge in [-0.1, -0.05) is 66.4 Å². The third-order valence-corrected chi connectivity index (χ3v) is 7.48. The van der Waals surface area contributed by atoms with E-state index in [2.05, 4.69) is 5.32 Å². The second-order valence-corrected chi connectivity index (χ2v) is 10.2. The second kappa shape index (κ2) is 10.4. The van der Waals surface area contributed by atoms with Crippen LogP contribution in [0.25, 0.3) is 0 Å². The molecular formula is C26H28N2O5S. The highest BCUT2D eigenvalue weighted by Crippen LogP contribution is 2.39. The number of thioether (sulfide) groups is 1. The first-order valence-electron chi connectivity index (χ1n) is 11.5. The minimum Gasteiger partial charge on any atom is -0.480 e. The minimum atomic E-state index is -1.03. The molecule has 0 saturated carbocycles. The Kier molecular flexibility index (Phi) is 7.36. The highest BCUT2D eigenvalue weighted by Gasteiger charge is 2.44. The molecule has 34 heavy (non-hydrogen) atoms. The van der Waals surface area contributed by atoms with Crippen molar-refractivity contribution < 1.29 is 24.3 Å². The summed E-state index contributed by atoms with van der Waals surface area (Å²) >= 11 is 0.941. The zero-order chi connectivity index (χ0) is 24.2. The molecule has 4 atom stereocenters. The number of fused-ring (bicyclic) bond motifs is 3. The topological polar surface area (TPSA) is 104 Å². The predicted molar refractivity (Wildman–Crippen MR) is 129 cm³/mol. The molecule has 2 aliphatic heterocycles. The molecule has 7 nitrogen and oxygen atoms in total. The number of rotatable bonds is 6. The largest absolute Gasteiger partial charge is 0.480 e. The maximum atomic E-state index is 13.7. The molecule has 2 aliphatic rings. The number of nitrogens with one attached hydrogen (secondary N) is 1. The predicted octanol–water partition coefficient (Wildman–Crippen LogP) is 3.13. The molecule has 2 heterocycles. The summed E-state index contributed by atoms with van der Waals surface area (Å²) in [4.78, 5) is 52.4. The molecule has 8 heteroatoms. The Bertz CT molecular complexity index is 1090. The zero-order valence-electron chi connectivity index (χ0n) is 19.0. The van der Waals surface area contributed by atoms with Crippen LogP contribution in [0, 0.1) is 0 Å². The van der Waals surface area contributed by atoms with Crippen molar-refractivity contribution in [2.75, 3.05) is 0 Å². The van der Waals surface area contributed by atoms with E-state index in [9.17, 15) is 24.3 Å². The van der Waals surface area contributed by atoms with Crippen LogP contribution in [0.5, 0.6) is 0 Å². The summed E-state index contributed by atoms with van der Waals surface area (Å²) in [5.74, 6) is -1.81. The number of nitrogens with zero attached hydrogens (tertiary/aromatic N) is 1. The average Bonchev–Trinajstić information content (AvgIpc) is 2.94. The maximum Gasteiger partial charge on any atom is 0.326 e. The molecule has 0 spiro atoms. The van der Waals surface area contributed by atoms with E-state index >= 15 is 0 Å². The Morgan fingerprint density at radius 3 is 2.50 bits per heavy atom. The molecule has 0 bridgehead atoms. The smallest absolute Gasteiger partial charge is 0.326 e. The Morgan fingerprint density at radius 2 is 1.79 bits per heavy atom. The molecule has 2 amide bonds. The number of carboxylic acid groups (broad SMARTS) is 1. The van der Waals surface area contributed by atoms with Gasteiger partial charge in [0.25, 0.3) is 0 Å². The van der Waals surface area contributed by atoms with Crippen LogP contribution in [0.4, 0.5) is 0 Å². The van der Waals surface area contributed by atoms with Crippen LogP contribution >= 0.6 is 11.8 Å². The lowest BCUT2D eigenvalue weighted by atomic mass is 9.89. The van der Waals surface area contributed by atoms with Crippen LogP contribution < -0.4 is 5.32 Å². The lowest BCUT2D eigenvalue weighted by Crippen LogP contribution is -2.56. The molecule has 0 aliphatic carbocycles. The summed E-state index contributed by atoms with van der Waals surface area (Å²) in [5.41, 5.74) is 2.78. The van der Waals surface area contributed by atoms with Gasteiger partial charge >= 0.3 is 5.97 Å². The number of piperidine rings is 1. The minimum absolute atomic E-state index is 0.185. The van der Waals surface area contributed by atoms with Gasteiger partial charge in [-0.25, -0.2) is 4.79 Å². The van der Waals surface area contributed by atoms with E-state index in [1.165, 1.54) is 11.8 Å². The van der Waals surface area contributed by atoms with Gasteiger partial charge in [0, 0.05) is 13.3 Å². The summed E-state index contributed by atoms with van der Waals surface area (Å²) in [6.45, 7) is 1.42. The molecule has 4 rings (SSSR count).